The molecule has 0 fully saturated rings. The Hall–Kier alpha value is -3.54. The van der Waals surface area contributed by atoms with E-state index in [2.05, 4.69) is 25.1 Å². The lowest BCUT2D eigenvalue weighted by Crippen LogP contribution is -2.22. The van der Waals surface area contributed by atoms with Crippen molar-refractivity contribution in [2.75, 3.05) is 17.7 Å². The van der Waals surface area contributed by atoms with Gasteiger partial charge in [0, 0.05) is 18.2 Å². The van der Waals surface area contributed by atoms with Gasteiger partial charge in [-0.2, -0.15) is 18.9 Å². The minimum absolute atomic E-state index is 0.00808. The molecule has 0 bridgehead atoms. The molecule has 172 valence electrons. The number of aromatic nitrogens is 4. The van der Waals surface area contributed by atoms with Gasteiger partial charge in [-0.1, -0.05) is 19.4 Å². The number of hydrogen-bond acceptors (Lipinski definition) is 8. The molecule has 0 amide bonds. The fourth-order valence-corrected chi connectivity index (χ4v) is 3.41. The lowest BCUT2D eigenvalue weighted by Gasteiger charge is -2.19. The molecule has 0 saturated carbocycles. The van der Waals surface area contributed by atoms with E-state index in [1.165, 1.54) is 23.0 Å². The van der Waals surface area contributed by atoms with Crippen molar-refractivity contribution in [2.45, 2.75) is 45.4 Å². The number of alkyl halides is 2. The summed E-state index contributed by atoms with van der Waals surface area (Å²) in [5, 5.41) is 26.0. The van der Waals surface area contributed by atoms with Crippen LogP contribution in [0.25, 0.3) is 11.0 Å². The molecular formula is C20H24F2N6O4. The van der Waals surface area contributed by atoms with Gasteiger partial charge in [-0.05, 0) is 25.0 Å². The fraction of sp³-hybridized carbons (Fsp3) is 0.400. The third-order valence-electron chi connectivity index (χ3n) is 4.81. The zero-order valence-electron chi connectivity index (χ0n) is 17.3. The molecule has 0 spiro atoms. The summed E-state index contributed by atoms with van der Waals surface area (Å²) in [5.41, 5.74) is 6.87. The maximum absolute atomic E-state index is 12.9. The number of nitrogens with zero attached hydrogens (tertiary/aromatic N) is 4. The zero-order valence-corrected chi connectivity index (χ0v) is 17.3. The number of carboxylic acids is 1. The van der Waals surface area contributed by atoms with Crippen molar-refractivity contribution >= 4 is 28.8 Å². The number of halogens is 2. The van der Waals surface area contributed by atoms with E-state index in [0.29, 0.717) is 28.8 Å². The molecule has 0 unspecified atom stereocenters. The predicted octanol–water partition coefficient (Wildman–Crippen LogP) is 2.72. The number of hydrogen-bond donors (Lipinski definition) is 4. The molecule has 2 heterocycles. The molecule has 0 radical (unpaired) electrons. The first-order valence-corrected chi connectivity index (χ1v) is 9.99. The number of anilines is 2. The maximum atomic E-state index is 12.9. The van der Waals surface area contributed by atoms with E-state index >= 15 is 0 Å². The van der Waals surface area contributed by atoms with Crippen LogP contribution >= 0.6 is 0 Å². The topological polar surface area (TPSA) is 148 Å². The van der Waals surface area contributed by atoms with Gasteiger partial charge in [0.25, 0.3) is 0 Å². The number of aromatic carboxylic acids is 1. The van der Waals surface area contributed by atoms with Gasteiger partial charge in [0.05, 0.1) is 18.3 Å². The molecule has 3 aromatic rings. The molecule has 10 nitrogen and oxygen atoms in total. The molecule has 1 aromatic carbocycles. The van der Waals surface area contributed by atoms with Gasteiger partial charge in [0.15, 0.2) is 5.82 Å². The number of ether oxygens (including phenoxy) is 1. The number of carbonyl (C=O) groups is 1. The second-order valence-corrected chi connectivity index (χ2v) is 7.11. The standard InChI is InChI=1S/C20H24F2N6O4/c1-2-3-13(6-7-29)25-17-16-14(26-20(23)27-17)9-24-28(16)10-12-5-4-11(18(30)31)8-15(12)32-19(21)22/h4-5,8-9,13,19,29H,2-3,6-7,10H2,1H3,(H,30,31)(H3,23,25,26,27)/t13-/m0/s1. The van der Waals surface area contributed by atoms with Crippen LogP contribution in [0.15, 0.2) is 24.4 Å². The second-order valence-electron chi connectivity index (χ2n) is 7.11. The number of nitrogens with two attached hydrogens (primary N) is 1. The Morgan fingerprint density at radius 2 is 2.09 bits per heavy atom. The molecule has 3 rings (SSSR count). The van der Waals surface area contributed by atoms with Gasteiger partial charge in [-0.3, -0.25) is 4.68 Å². The summed E-state index contributed by atoms with van der Waals surface area (Å²) in [7, 11) is 0. The number of nitrogen functional groups attached to an aromatic ring is 1. The monoisotopic (exact) mass is 450 g/mol. The third kappa shape index (κ3) is 5.38. The van der Waals surface area contributed by atoms with Crippen LogP contribution in [0.2, 0.25) is 0 Å². The first-order valence-electron chi connectivity index (χ1n) is 9.99. The second kappa shape index (κ2) is 10.2. The van der Waals surface area contributed by atoms with E-state index in [1.54, 1.807) is 0 Å². The molecule has 0 saturated heterocycles. The summed E-state index contributed by atoms with van der Waals surface area (Å²) < 4.78 is 31.8. The molecular weight excluding hydrogens is 426 g/mol. The quantitative estimate of drug-likeness (QED) is 0.346. The Morgan fingerprint density at radius 3 is 2.75 bits per heavy atom. The molecule has 0 aliphatic heterocycles. The van der Waals surface area contributed by atoms with Crippen LogP contribution in [0.1, 0.15) is 42.1 Å². The number of fused-ring (bicyclic) bond motifs is 1. The van der Waals surface area contributed by atoms with Crippen LogP contribution in [-0.2, 0) is 6.54 Å². The number of carboxylic acid groups (broad SMARTS) is 1. The summed E-state index contributed by atoms with van der Waals surface area (Å²) in [6, 6.07) is 3.67. The molecule has 12 heteroatoms. The highest BCUT2D eigenvalue weighted by molar-refractivity contribution is 5.88. The van der Waals surface area contributed by atoms with Crippen LogP contribution in [-0.4, -0.2) is 55.2 Å². The molecule has 5 N–H and O–H groups in total. The average molecular weight is 450 g/mol. The van der Waals surface area contributed by atoms with Gasteiger partial charge in [-0.25, -0.2) is 9.78 Å². The van der Waals surface area contributed by atoms with Crippen molar-refractivity contribution in [3.05, 3.63) is 35.5 Å². The summed E-state index contributed by atoms with van der Waals surface area (Å²) in [4.78, 5) is 19.7. The lowest BCUT2D eigenvalue weighted by molar-refractivity contribution is -0.0505. The third-order valence-corrected chi connectivity index (χ3v) is 4.81. The van der Waals surface area contributed by atoms with E-state index < -0.39 is 12.6 Å². The van der Waals surface area contributed by atoms with Crippen LogP contribution in [0.4, 0.5) is 20.5 Å². The van der Waals surface area contributed by atoms with Gasteiger partial charge in [0.1, 0.15) is 16.8 Å². The first-order chi connectivity index (χ1) is 15.3. The lowest BCUT2D eigenvalue weighted by atomic mass is 10.1. The van der Waals surface area contributed by atoms with Gasteiger partial charge in [-0.15, -0.1) is 0 Å². The van der Waals surface area contributed by atoms with E-state index in [4.69, 9.17) is 10.8 Å². The van der Waals surface area contributed by atoms with E-state index in [0.717, 1.165) is 18.9 Å². The smallest absolute Gasteiger partial charge is 0.387 e. The molecule has 32 heavy (non-hydrogen) atoms. The average Bonchev–Trinajstić information content (AvgIpc) is 3.11. The Balaban J connectivity index is 2.02. The highest BCUT2D eigenvalue weighted by Gasteiger charge is 2.19. The number of rotatable bonds is 11. The van der Waals surface area contributed by atoms with Crippen LogP contribution in [0.3, 0.4) is 0 Å². The van der Waals surface area contributed by atoms with Crippen LogP contribution in [0.5, 0.6) is 5.75 Å². The Kier molecular flexibility index (Phi) is 7.36. The Morgan fingerprint density at radius 1 is 1.31 bits per heavy atom. The first kappa shape index (κ1) is 23.1. The minimum Gasteiger partial charge on any atom is -0.478 e. The summed E-state index contributed by atoms with van der Waals surface area (Å²) >= 11 is 0. The highest BCUT2D eigenvalue weighted by Crippen LogP contribution is 2.28. The van der Waals surface area contributed by atoms with Crippen molar-refractivity contribution in [3.8, 4) is 5.75 Å². The number of benzene rings is 1. The van der Waals surface area contributed by atoms with Crippen LogP contribution < -0.4 is 15.8 Å². The van der Waals surface area contributed by atoms with Crippen LogP contribution in [0, 0.1) is 0 Å². The summed E-state index contributed by atoms with van der Waals surface area (Å²) in [6.07, 6.45) is 3.63. The number of nitrogens with one attached hydrogen (secondary N) is 1. The molecule has 2 aromatic heterocycles. The highest BCUT2D eigenvalue weighted by atomic mass is 19.3. The Labute approximate surface area is 182 Å². The molecule has 0 aliphatic rings. The molecule has 1 atom stereocenters. The van der Waals surface area contributed by atoms with Crippen molar-refractivity contribution in [3.63, 3.8) is 0 Å². The minimum atomic E-state index is -3.12. The van der Waals surface area contributed by atoms with Gasteiger partial charge < -0.3 is 26.0 Å². The largest absolute Gasteiger partial charge is 0.478 e. The van der Waals surface area contributed by atoms with Crippen molar-refractivity contribution < 1.29 is 28.5 Å². The van der Waals surface area contributed by atoms with E-state index in [1.807, 2.05) is 6.92 Å². The molecule has 0 aliphatic carbocycles. The maximum Gasteiger partial charge on any atom is 0.387 e. The van der Waals surface area contributed by atoms with Gasteiger partial charge in [0.2, 0.25) is 5.95 Å². The fourth-order valence-electron chi connectivity index (χ4n) is 3.41. The summed E-state index contributed by atoms with van der Waals surface area (Å²) in [5.74, 6) is -1.10. The summed E-state index contributed by atoms with van der Waals surface area (Å²) in [6.45, 7) is -1.12. The van der Waals surface area contributed by atoms with Gasteiger partial charge >= 0.3 is 12.6 Å². The van der Waals surface area contributed by atoms with Crippen molar-refractivity contribution in [1.82, 2.24) is 19.7 Å². The van der Waals surface area contributed by atoms with Crippen molar-refractivity contribution in [2.24, 2.45) is 0 Å². The predicted molar refractivity (Wildman–Crippen MR) is 113 cm³/mol. The van der Waals surface area contributed by atoms with Crippen molar-refractivity contribution in [1.29, 1.82) is 0 Å². The Bertz CT molecular complexity index is 1090. The SMILES string of the molecule is CCC[C@@H](CCO)Nc1nc(N)nc2cnn(Cc3ccc(C(=O)O)cc3OC(F)F)c12. The normalized spacial score (nSPS) is 12.3. The van der Waals surface area contributed by atoms with E-state index in [9.17, 15) is 18.7 Å². The van der Waals surface area contributed by atoms with E-state index in [-0.39, 0.29) is 36.5 Å². The zero-order chi connectivity index (χ0) is 23.3. The number of aliphatic hydroxyl groups excluding tert-OH is 1. The number of aliphatic hydroxyl groups is 1.